The van der Waals surface area contributed by atoms with E-state index in [1.807, 2.05) is 0 Å². The Kier molecular flexibility index (Phi) is 4.28. The zero-order chi connectivity index (χ0) is 11.5. The lowest BCUT2D eigenvalue weighted by molar-refractivity contribution is -0.153. The Bertz CT molecular complexity index is 341. The highest BCUT2D eigenvalue weighted by molar-refractivity contribution is 9.08. The first kappa shape index (κ1) is 12.6. The molecule has 0 spiro atoms. The number of ether oxygens (including phenoxy) is 1. The third kappa shape index (κ3) is 4.30. The van der Waals surface area contributed by atoms with E-state index < -0.39 is 12.8 Å². The van der Waals surface area contributed by atoms with Crippen LogP contribution in [0, 0.1) is 0 Å². The summed E-state index contributed by atoms with van der Waals surface area (Å²) < 4.78 is 40.1. The van der Waals surface area contributed by atoms with Gasteiger partial charge in [-0.3, -0.25) is 0 Å². The molecule has 15 heavy (non-hydrogen) atoms. The van der Waals surface area contributed by atoms with Gasteiger partial charge < -0.3 is 4.74 Å². The lowest BCUT2D eigenvalue weighted by Gasteiger charge is -2.10. The minimum atomic E-state index is -4.35. The molecule has 1 aromatic rings. The summed E-state index contributed by atoms with van der Waals surface area (Å²) in [5.41, 5.74) is 0.874. The van der Waals surface area contributed by atoms with Gasteiger partial charge in [0.2, 0.25) is 0 Å². The number of alkyl halides is 4. The third-order valence-electron chi connectivity index (χ3n) is 1.54. The SMILES string of the molecule is FC(F)(F)COc1ccc(CBr)cc1Cl. The molecule has 1 aromatic carbocycles. The summed E-state index contributed by atoms with van der Waals surface area (Å²) in [7, 11) is 0. The van der Waals surface area contributed by atoms with Crippen molar-refractivity contribution >= 4 is 27.5 Å². The Hall–Kier alpha value is -0.420. The Morgan fingerprint density at radius 3 is 2.47 bits per heavy atom. The molecule has 84 valence electrons. The topological polar surface area (TPSA) is 9.23 Å². The lowest BCUT2D eigenvalue weighted by Crippen LogP contribution is -2.19. The minimum Gasteiger partial charge on any atom is -0.483 e. The third-order valence-corrected chi connectivity index (χ3v) is 2.48. The van der Waals surface area contributed by atoms with Crippen molar-refractivity contribution in [2.45, 2.75) is 11.5 Å². The molecule has 0 aliphatic carbocycles. The summed E-state index contributed by atoms with van der Waals surface area (Å²) in [6, 6.07) is 4.62. The second kappa shape index (κ2) is 5.07. The van der Waals surface area contributed by atoms with Crippen molar-refractivity contribution in [1.29, 1.82) is 0 Å². The molecule has 0 heterocycles. The first-order valence-electron chi connectivity index (χ1n) is 3.96. The molecule has 0 amide bonds. The van der Waals surface area contributed by atoms with Crippen molar-refractivity contribution in [3.05, 3.63) is 28.8 Å². The average molecular weight is 304 g/mol. The highest BCUT2D eigenvalue weighted by Crippen LogP contribution is 2.28. The number of hydrogen-bond donors (Lipinski definition) is 0. The van der Waals surface area contributed by atoms with Crippen molar-refractivity contribution in [2.24, 2.45) is 0 Å². The summed E-state index contributed by atoms with van der Waals surface area (Å²) in [4.78, 5) is 0. The van der Waals surface area contributed by atoms with Crippen molar-refractivity contribution in [2.75, 3.05) is 6.61 Å². The maximum Gasteiger partial charge on any atom is 0.422 e. The molecule has 0 saturated carbocycles. The molecule has 0 unspecified atom stereocenters. The van der Waals surface area contributed by atoms with Crippen molar-refractivity contribution < 1.29 is 17.9 Å². The van der Waals surface area contributed by atoms with Crippen LogP contribution in [0.3, 0.4) is 0 Å². The molecule has 0 bridgehead atoms. The Balaban J connectivity index is 2.70. The van der Waals surface area contributed by atoms with Gasteiger partial charge in [0, 0.05) is 5.33 Å². The van der Waals surface area contributed by atoms with Crippen molar-refractivity contribution in [3.8, 4) is 5.75 Å². The van der Waals surface area contributed by atoms with E-state index in [1.54, 1.807) is 12.1 Å². The molecule has 1 nitrogen and oxygen atoms in total. The standard InChI is InChI=1S/C9H7BrClF3O/c10-4-6-1-2-8(7(11)3-6)15-5-9(12,13)14/h1-3H,4-5H2. The van der Waals surface area contributed by atoms with Gasteiger partial charge in [-0.15, -0.1) is 0 Å². The van der Waals surface area contributed by atoms with E-state index in [0.717, 1.165) is 5.56 Å². The van der Waals surface area contributed by atoms with E-state index in [4.69, 9.17) is 11.6 Å². The highest BCUT2D eigenvalue weighted by Gasteiger charge is 2.28. The van der Waals surface area contributed by atoms with Gasteiger partial charge in [0.1, 0.15) is 5.75 Å². The molecule has 0 radical (unpaired) electrons. The predicted octanol–water partition coefficient (Wildman–Crippen LogP) is 4.18. The number of rotatable bonds is 3. The Labute approximate surface area is 98.3 Å². The van der Waals surface area contributed by atoms with Crippen molar-refractivity contribution in [3.63, 3.8) is 0 Å². The zero-order valence-corrected chi connectivity index (χ0v) is 9.79. The average Bonchev–Trinajstić information content (AvgIpc) is 2.14. The van der Waals surface area contributed by atoms with Crippen LogP contribution in [0.5, 0.6) is 5.75 Å². The van der Waals surface area contributed by atoms with Gasteiger partial charge in [-0.1, -0.05) is 33.6 Å². The van der Waals surface area contributed by atoms with Crippen LogP contribution < -0.4 is 4.74 Å². The van der Waals surface area contributed by atoms with Crippen LogP contribution in [-0.4, -0.2) is 12.8 Å². The van der Waals surface area contributed by atoms with E-state index in [1.165, 1.54) is 6.07 Å². The van der Waals surface area contributed by atoms with Crippen LogP contribution in [0.4, 0.5) is 13.2 Å². The van der Waals surface area contributed by atoms with Gasteiger partial charge in [0.25, 0.3) is 0 Å². The fourth-order valence-electron chi connectivity index (χ4n) is 0.904. The van der Waals surface area contributed by atoms with Gasteiger partial charge in [-0.25, -0.2) is 0 Å². The second-order valence-corrected chi connectivity index (χ2v) is 3.77. The summed E-state index contributed by atoms with van der Waals surface area (Å²) in [6.45, 7) is -1.33. The molecule has 0 aliphatic heterocycles. The van der Waals surface area contributed by atoms with Gasteiger partial charge >= 0.3 is 6.18 Å². The van der Waals surface area contributed by atoms with Crippen LogP contribution in [0.2, 0.25) is 5.02 Å². The molecule has 0 aliphatic rings. The van der Waals surface area contributed by atoms with Crippen LogP contribution in [0.15, 0.2) is 18.2 Å². The highest BCUT2D eigenvalue weighted by atomic mass is 79.9. The number of halogens is 5. The maximum absolute atomic E-state index is 11.8. The lowest BCUT2D eigenvalue weighted by atomic mass is 10.2. The molecule has 6 heteroatoms. The fraction of sp³-hybridized carbons (Fsp3) is 0.333. The summed E-state index contributed by atoms with van der Waals surface area (Å²) in [6.07, 6.45) is -4.35. The van der Waals surface area contributed by atoms with Gasteiger partial charge in [-0.2, -0.15) is 13.2 Å². The van der Waals surface area contributed by atoms with E-state index in [2.05, 4.69) is 20.7 Å². The molecular weight excluding hydrogens is 296 g/mol. The normalized spacial score (nSPS) is 11.5. The van der Waals surface area contributed by atoms with E-state index >= 15 is 0 Å². The maximum atomic E-state index is 11.8. The van der Waals surface area contributed by atoms with Gasteiger partial charge in [-0.05, 0) is 17.7 Å². The van der Waals surface area contributed by atoms with Crippen LogP contribution >= 0.6 is 27.5 Å². The summed E-state index contributed by atoms with van der Waals surface area (Å²) in [5, 5.41) is 0.767. The largest absolute Gasteiger partial charge is 0.483 e. The first-order valence-corrected chi connectivity index (χ1v) is 5.46. The molecule has 0 N–H and O–H groups in total. The summed E-state index contributed by atoms with van der Waals surface area (Å²) in [5.74, 6) is 0.0405. The molecule has 0 saturated heterocycles. The second-order valence-electron chi connectivity index (χ2n) is 2.80. The number of benzene rings is 1. The predicted molar refractivity (Wildman–Crippen MR) is 55.6 cm³/mol. The molecule has 0 atom stereocenters. The minimum absolute atomic E-state index is 0.0405. The van der Waals surface area contributed by atoms with E-state index in [9.17, 15) is 13.2 Å². The van der Waals surface area contributed by atoms with Gasteiger partial charge in [0.15, 0.2) is 6.61 Å². The van der Waals surface area contributed by atoms with Crippen LogP contribution in [0.1, 0.15) is 5.56 Å². The van der Waals surface area contributed by atoms with Gasteiger partial charge in [0.05, 0.1) is 5.02 Å². The number of hydrogen-bond acceptors (Lipinski definition) is 1. The van der Waals surface area contributed by atoms with Crippen LogP contribution in [0.25, 0.3) is 0 Å². The summed E-state index contributed by atoms with van der Waals surface area (Å²) >= 11 is 8.93. The smallest absolute Gasteiger partial charge is 0.422 e. The molecule has 0 fully saturated rings. The zero-order valence-electron chi connectivity index (χ0n) is 7.44. The quantitative estimate of drug-likeness (QED) is 0.761. The fourth-order valence-corrected chi connectivity index (χ4v) is 1.51. The Morgan fingerprint density at radius 1 is 1.33 bits per heavy atom. The molecule has 0 aromatic heterocycles. The van der Waals surface area contributed by atoms with Crippen molar-refractivity contribution in [1.82, 2.24) is 0 Å². The van der Waals surface area contributed by atoms with Crippen LogP contribution in [-0.2, 0) is 5.33 Å². The monoisotopic (exact) mass is 302 g/mol. The first-order chi connectivity index (χ1) is 6.92. The van der Waals surface area contributed by atoms with E-state index in [-0.39, 0.29) is 10.8 Å². The Morgan fingerprint density at radius 2 is 2.00 bits per heavy atom. The molecule has 1 rings (SSSR count). The molecular formula is C9H7BrClF3O. The van der Waals surface area contributed by atoms with E-state index in [0.29, 0.717) is 5.33 Å².